The van der Waals surface area contributed by atoms with E-state index in [0.29, 0.717) is 12.1 Å². The van der Waals surface area contributed by atoms with Gasteiger partial charge >= 0.3 is 0 Å². The third-order valence-electron chi connectivity index (χ3n) is 4.97. The lowest BCUT2D eigenvalue weighted by Gasteiger charge is -2.33. The highest BCUT2D eigenvalue weighted by Gasteiger charge is 2.46. The van der Waals surface area contributed by atoms with Gasteiger partial charge in [0.25, 0.3) is 0 Å². The summed E-state index contributed by atoms with van der Waals surface area (Å²) in [6, 6.07) is 12.5. The minimum Gasteiger partial charge on any atom is -0.329 e. The molecule has 1 aliphatic carbocycles. The Morgan fingerprint density at radius 2 is 2.05 bits per heavy atom. The first kappa shape index (κ1) is 14.1. The lowest BCUT2D eigenvalue weighted by Crippen LogP contribution is -2.54. The summed E-state index contributed by atoms with van der Waals surface area (Å²) in [5.41, 5.74) is 7.58. The number of nitrogens with one attached hydrogen (secondary N) is 1. The van der Waals surface area contributed by atoms with E-state index in [0.717, 1.165) is 25.6 Å². The van der Waals surface area contributed by atoms with E-state index in [1.54, 1.807) is 0 Å². The number of likely N-dealkylation sites (tertiary alicyclic amines) is 1. The van der Waals surface area contributed by atoms with Gasteiger partial charge in [-0.1, -0.05) is 30.3 Å². The summed E-state index contributed by atoms with van der Waals surface area (Å²) in [7, 11) is 0. The summed E-state index contributed by atoms with van der Waals surface area (Å²) in [5.74, 6) is 0. The van der Waals surface area contributed by atoms with Crippen LogP contribution in [0.3, 0.4) is 0 Å². The number of nitrogens with two attached hydrogens (primary N) is 1. The Morgan fingerprint density at radius 1 is 1.35 bits per heavy atom. The van der Waals surface area contributed by atoms with Crippen LogP contribution in [0, 0.1) is 0 Å². The molecule has 0 amide bonds. The molecule has 3 N–H and O–H groups in total. The van der Waals surface area contributed by atoms with E-state index in [1.165, 1.54) is 18.4 Å². The predicted molar refractivity (Wildman–Crippen MR) is 83.6 cm³/mol. The van der Waals surface area contributed by atoms with Gasteiger partial charge in [0.2, 0.25) is 0 Å². The van der Waals surface area contributed by atoms with Gasteiger partial charge in [0.15, 0.2) is 0 Å². The minimum atomic E-state index is 0.0806. The molecule has 1 aliphatic heterocycles. The van der Waals surface area contributed by atoms with Gasteiger partial charge in [-0.15, -0.1) is 0 Å². The molecule has 1 saturated carbocycles. The zero-order valence-corrected chi connectivity index (χ0v) is 12.7. The van der Waals surface area contributed by atoms with Crippen LogP contribution >= 0.6 is 0 Å². The van der Waals surface area contributed by atoms with Crippen LogP contribution in [0.15, 0.2) is 30.3 Å². The molecule has 2 aliphatic rings. The zero-order chi connectivity index (χ0) is 14.2. The van der Waals surface area contributed by atoms with Crippen LogP contribution in [-0.2, 0) is 0 Å². The van der Waals surface area contributed by atoms with Gasteiger partial charge in [0, 0.05) is 36.8 Å². The molecule has 1 aromatic carbocycles. The first-order valence-corrected chi connectivity index (χ1v) is 7.92. The maximum Gasteiger partial charge on any atom is 0.0452 e. The summed E-state index contributed by atoms with van der Waals surface area (Å²) in [6.07, 6.45) is 3.91. The van der Waals surface area contributed by atoms with Crippen molar-refractivity contribution < 1.29 is 0 Å². The lowest BCUT2D eigenvalue weighted by atomic mass is 9.94. The fourth-order valence-electron chi connectivity index (χ4n) is 3.74. The van der Waals surface area contributed by atoms with E-state index in [1.807, 2.05) is 0 Å². The standard InChI is InChI=1S/C17H27N3/c1-13-10-17(11-18,12-20(13)16-8-9-16)19-14(2)15-6-4-3-5-7-15/h3-7,13-14,16,19H,8-12,18H2,1-2H3. The molecule has 0 radical (unpaired) electrons. The second kappa shape index (κ2) is 5.47. The number of hydrogen-bond acceptors (Lipinski definition) is 3. The van der Waals surface area contributed by atoms with Gasteiger partial charge < -0.3 is 11.1 Å². The van der Waals surface area contributed by atoms with Gasteiger partial charge in [-0.05, 0) is 38.7 Å². The summed E-state index contributed by atoms with van der Waals surface area (Å²) in [4.78, 5) is 2.66. The van der Waals surface area contributed by atoms with Crippen molar-refractivity contribution in [1.29, 1.82) is 0 Å². The lowest BCUT2D eigenvalue weighted by molar-refractivity contribution is 0.236. The Kier molecular flexibility index (Phi) is 3.85. The van der Waals surface area contributed by atoms with Crippen molar-refractivity contribution in [1.82, 2.24) is 10.2 Å². The third-order valence-corrected chi connectivity index (χ3v) is 4.97. The maximum absolute atomic E-state index is 6.15. The highest BCUT2D eigenvalue weighted by Crippen LogP contribution is 2.37. The normalized spacial score (nSPS) is 32.5. The van der Waals surface area contributed by atoms with Crippen molar-refractivity contribution >= 4 is 0 Å². The predicted octanol–water partition coefficient (Wildman–Crippen LogP) is 2.29. The molecule has 1 heterocycles. The molecule has 0 bridgehead atoms. The molecule has 1 aromatic rings. The van der Waals surface area contributed by atoms with E-state index in [2.05, 4.69) is 54.4 Å². The van der Waals surface area contributed by atoms with Crippen molar-refractivity contribution in [3.63, 3.8) is 0 Å². The molecule has 3 rings (SSSR count). The van der Waals surface area contributed by atoms with Gasteiger partial charge in [-0.3, -0.25) is 4.90 Å². The van der Waals surface area contributed by atoms with E-state index < -0.39 is 0 Å². The average Bonchev–Trinajstić information content (AvgIpc) is 3.25. The number of nitrogens with zero attached hydrogens (tertiary/aromatic N) is 1. The molecule has 3 atom stereocenters. The fourth-order valence-corrected chi connectivity index (χ4v) is 3.74. The zero-order valence-electron chi connectivity index (χ0n) is 12.7. The summed E-state index contributed by atoms with van der Waals surface area (Å²) < 4.78 is 0. The second-order valence-corrected chi connectivity index (χ2v) is 6.72. The average molecular weight is 273 g/mol. The number of rotatable bonds is 5. The Bertz CT molecular complexity index is 443. The molecule has 0 aromatic heterocycles. The smallest absolute Gasteiger partial charge is 0.0452 e. The summed E-state index contributed by atoms with van der Waals surface area (Å²) in [5, 5.41) is 3.83. The van der Waals surface area contributed by atoms with E-state index in [-0.39, 0.29) is 5.54 Å². The van der Waals surface area contributed by atoms with Crippen LogP contribution in [0.2, 0.25) is 0 Å². The van der Waals surface area contributed by atoms with Crippen LogP contribution in [0.1, 0.15) is 44.7 Å². The Labute approximate surface area is 122 Å². The molecule has 110 valence electrons. The molecular formula is C17H27N3. The van der Waals surface area contributed by atoms with Gasteiger partial charge in [0.1, 0.15) is 0 Å². The minimum absolute atomic E-state index is 0.0806. The van der Waals surface area contributed by atoms with Crippen molar-refractivity contribution in [2.24, 2.45) is 5.73 Å². The van der Waals surface area contributed by atoms with Crippen molar-refractivity contribution in [2.75, 3.05) is 13.1 Å². The molecule has 3 unspecified atom stereocenters. The van der Waals surface area contributed by atoms with Crippen LogP contribution in [0.5, 0.6) is 0 Å². The Balaban J connectivity index is 1.70. The Morgan fingerprint density at radius 3 is 2.65 bits per heavy atom. The highest BCUT2D eigenvalue weighted by atomic mass is 15.3. The molecule has 3 heteroatoms. The SMILES string of the molecule is CC(NC1(CN)CC(C)N(C2CC2)C1)c1ccccc1. The molecule has 1 saturated heterocycles. The summed E-state index contributed by atoms with van der Waals surface area (Å²) >= 11 is 0. The van der Waals surface area contributed by atoms with Crippen LogP contribution in [0.25, 0.3) is 0 Å². The van der Waals surface area contributed by atoms with Crippen LogP contribution in [-0.4, -0.2) is 35.6 Å². The molecular weight excluding hydrogens is 246 g/mol. The third kappa shape index (κ3) is 2.76. The molecule has 0 spiro atoms. The first-order valence-electron chi connectivity index (χ1n) is 7.92. The molecule has 3 nitrogen and oxygen atoms in total. The van der Waals surface area contributed by atoms with E-state index in [4.69, 9.17) is 5.73 Å². The maximum atomic E-state index is 6.15. The van der Waals surface area contributed by atoms with Crippen LogP contribution < -0.4 is 11.1 Å². The number of benzene rings is 1. The van der Waals surface area contributed by atoms with Crippen LogP contribution in [0.4, 0.5) is 0 Å². The number of hydrogen-bond donors (Lipinski definition) is 2. The first-order chi connectivity index (χ1) is 9.63. The highest BCUT2D eigenvalue weighted by molar-refractivity contribution is 5.19. The monoisotopic (exact) mass is 273 g/mol. The van der Waals surface area contributed by atoms with Crippen molar-refractivity contribution in [3.8, 4) is 0 Å². The largest absolute Gasteiger partial charge is 0.329 e. The quantitative estimate of drug-likeness (QED) is 0.865. The van der Waals surface area contributed by atoms with Gasteiger partial charge in [0.05, 0.1) is 0 Å². The van der Waals surface area contributed by atoms with Crippen molar-refractivity contribution in [2.45, 2.75) is 56.8 Å². The van der Waals surface area contributed by atoms with Gasteiger partial charge in [-0.25, -0.2) is 0 Å². The van der Waals surface area contributed by atoms with E-state index >= 15 is 0 Å². The Hall–Kier alpha value is -0.900. The van der Waals surface area contributed by atoms with Gasteiger partial charge in [-0.2, -0.15) is 0 Å². The molecule has 20 heavy (non-hydrogen) atoms. The second-order valence-electron chi connectivity index (χ2n) is 6.72. The summed E-state index contributed by atoms with van der Waals surface area (Å²) in [6.45, 7) is 6.42. The van der Waals surface area contributed by atoms with Crippen molar-refractivity contribution in [3.05, 3.63) is 35.9 Å². The fraction of sp³-hybridized carbons (Fsp3) is 0.647. The topological polar surface area (TPSA) is 41.3 Å². The molecule has 2 fully saturated rings. The van der Waals surface area contributed by atoms with E-state index in [9.17, 15) is 0 Å².